The minimum atomic E-state index is 0.232. The molecule has 2 N–H and O–H groups in total. The first-order chi connectivity index (χ1) is 9.54. The van der Waals surface area contributed by atoms with E-state index in [1.54, 1.807) is 0 Å². The molecule has 1 aromatic heterocycles. The summed E-state index contributed by atoms with van der Waals surface area (Å²) in [6.07, 6.45) is 0. The number of aromatic nitrogens is 2. The van der Waals surface area contributed by atoms with Crippen molar-refractivity contribution in [3.05, 3.63) is 35.7 Å². The molecule has 0 bridgehead atoms. The molecule has 0 unspecified atom stereocenters. The highest BCUT2D eigenvalue weighted by Crippen LogP contribution is 2.33. The normalized spacial score (nSPS) is 10.8. The molecule has 4 nitrogen and oxygen atoms in total. The monoisotopic (exact) mass is 271 g/mol. The first-order valence-electron chi connectivity index (χ1n) is 6.90. The molecule has 0 aliphatic carbocycles. The van der Waals surface area contributed by atoms with Crippen molar-refractivity contribution < 1.29 is 4.74 Å². The molecule has 2 aromatic rings. The molecule has 4 heteroatoms. The van der Waals surface area contributed by atoms with Crippen LogP contribution in [0.15, 0.2) is 24.3 Å². The third-order valence-electron chi connectivity index (χ3n) is 3.16. The Labute approximate surface area is 120 Å². The molecule has 20 heavy (non-hydrogen) atoms. The number of benzene rings is 1. The van der Waals surface area contributed by atoms with Crippen molar-refractivity contribution >= 4 is 5.82 Å². The summed E-state index contributed by atoms with van der Waals surface area (Å²) in [5.41, 5.74) is 8.73. The summed E-state index contributed by atoms with van der Waals surface area (Å²) in [6, 6.07) is 7.89. The number of nitrogens with two attached hydrogens (primary N) is 1. The fraction of sp³-hybridized carbons (Fsp3) is 0.375. The SMILES string of the molecule is CCOc1ccccc1-c1nc(C(C)C)nc(N)c1C. The summed E-state index contributed by atoms with van der Waals surface area (Å²) in [4.78, 5) is 9.03. The summed E-state index contributed by atoms with van der Waals surface area (Å²) in [6.45, 7) is 8.65. The maximum Gasteiger partial charge on any atom is 0.133 e. The number of anilines is 1. The van der Waals surface area contributed by atoms with E-state index < -0.39 is 0 Å². The highest BCUT2D eigenvalue weighted by atomic mass is 16.5. The van der Waals surface area contributed by atoms with Gasteiger partial charge in [-0.05, 0) is 26.0 Å². The zero-order chi connectivity index (χ0) is 14.7. The van der Waals surface area contributed by atoms with Gasteiger partial charge in [0.15, 0.2) is 0 Å². The summed E-state index contributed by atoms with van der Waals surface area (Å²) >= 11 is 0. The summed E-state index contributed by atoms with van der Waals surface area (Å²) in [5.74, 6) is 2.35. The molecule has 0 aliphatic heterocycles. The summed E-state index contributed by atoms with van der Waals surface area (Å²) in [7, 11) is 0. The van der Waals surface area contributed by atoms with Gasteiger partial charge in [0.2, 0.25) is 0 Å². The van der Waals surface area contributed by atoms with Crippen LogP contribution in [0.3, 0.4) is 0 Å². The highest BCUT2D eigenvalue weighted by molar-refractivity contribution is 5.72. The van der Waals surface area contributed by atoms with Gasteiger partial charge in [-0.2, -0.15) is 0 Å². The number of hydrogen-bond acceptors (Lipinski definition) is 4. The Morgan fingerprint density at radius 3 is 2.55 bits per heavy atom. The van der Waals surface area contributed by atoms with E-state index in [0.29, 0.717) is 12.4 Å². The second-order valence-corrected chi connectivity index (χ2v) is 5.02. The van der Waals surface area contributed by atoms with Crippen LogP contribution in [0.4, 0.5) is 5.82 Å². The smallest absolute Gasteiger partial charge is 0.133 e. The fourth-order valence-corrected chi connectivity index (χ4v) is 2.02. The van der Waals surface area contributed by atoms with E-state index in [1.807, 2.05) is 38.1 Å². The zero-order valence-electron chi connectivity index (χ0n) is 12.5. The van der Waals surface area contributed by atoms with Crippen molar-refractivity contribution in [3.63, 3.8) is 0 Å². The van der Waals surface area contributed by atoms with Crippen LogP contribution >= 0.6 is 0 Å². The predicted octanol–water partition coefficient (Wildman–Crippen LogP) is 3.56. The largest absolute Gasteiger partial charge is 0.493 e. The molecule has 0 saturated heterocycles. The maximum atomic E-state index is 6.03. The van der Waals surface area contributed by atoms with Crippen LogP contribution in [0.25, 0.3) is 11.3 Å². The van der Waals surface area contributed by atoms with E-state index in [9.17, 15) is 0 Å². The molecule has 2 rings (SSSR count). The second-order valence-electron chi connectivity index (χ2n) is 5.02. The van der Waals surface area contributed by atoms with E-state index >= 15 is 0 Å². The Morgan fingerprint density at radius 2 is 1.90 bits per heavy atom. The van der Waals surface area contributed by atoms with Crippen LogP contribution in [0.5, 0.6) is 5.75 Å². The van der Waals surface area contributed by atoms with Gasteiger partial charge in [-0.15, -0.1) is 0 Å². The minimum Gasteiger partial charge on any atom is -0.493 e. The average Bonchev–Trinajstić information content (AvgIpc) is 2.43. The quantitative estimate of drug-likeness (QED) is 0.923. The molecule has 0 radical (unpaired) electrons. The van der Waals surface area contributed by atoms with Crippen LogP contribution < -0.4 is 10.5 Å². The number of nitrogen functional groups attached to an aromatic ring is 1. The molecule has 1 aromatic carbocycles. The van der Waals surface area contributed by atoms with Gasteiger partial charge in [-0.1, -0.05) is 26.0 Å². The van der Waals surface area contributed by atoms with Gasteiger partial charge in [0, 0.05) is 17.0 Å². The van der Waals surface area contributed by atoms with Gasteiger partial charge in [0.1, 0.15) is 17.4 Å². The van der Waals surface area contributed by atoms with Crippen LogP contribution in [0.1, 0.15) is 38.1 Å². The molecule has 106 valence electrons. The third-order valence-corrected chi connectivity index (χ3v) is 3.16. The molecule has 0 aliphatic rings. The first-order valence-corrected chi connectivity index (χ1v) is 6.90. The van der Waals surface area contributed by atoms with E-state index in [-0.39, 0.29) is 5.92 Å². The number of rotatable bonds is 4. The predicted molar refractivity (Wildman–Crippen MR) is 81.9 cm³/mol. The van der Waals surface area contributed by atoms with Crippen LogP contribution in [0.2, 0.25) is 0 Å². The molecule has 0 amide bonds. The van der Waals surface area contributed by atoms with E-state index in [1.165, 1.54) is 0 Å². The Bertz CT molecular complexity index is 609. The molecular formula is C16H21N3O. The van der Waals surface area contributed by atoms with Gasteiger partial charge < -0.3 is 10.5 Å². The highest BCUT2D eigenvalue weighted by Gasteiger charge is 2.15. The lowest BCUT2D eigenvalue weighted by molar-refractivity contribution is 0.341. The van der Waals surface area contributed by atoms with E-state index in [4.69, 9.17) is 10.5 Å². The number of ether oxygens (including phenoxy) is 1. The van der Waals surface area contributed by atoms with Crippen molar-refractivity contribution in [1.82, 2.24) is 9.97 Å². The van der Waals surface area contributed by atoms with E-state index in [0.717, 1.165) is 28.4 Å². The first kappa shape index (κ1) is 14.3. The van der Waals surface area contributed by atoms with Crippen molar-refractivity contribution in [1.29, 1.82) is 0 Å². The van der Waals surface area contributed by atoms with Crippen LogP contribution in [-0.2, 0) is 0 Å². The Hall–Kier alpha value is -2.10. The lowest BCUT2D eigenvalue weighted by atomic mass is 10.1. The molecule has 1 heterocycles. The minimum absolute atomic E-state index is 0.232. The molecule has 0 saturated carbocycles. The van der Waals surface area contributed by atoms with Crippen molar-refractivity contribution in [2.24, 2.45) is 0 Å². The standard InChI is InChI=1S/C16H21N3O/c1-5-20-13-9-7-6-8-12(13)14-11(4)15(17)19-16(18-14)10(2)3/h6-10H,5H2,1-4H3,(H2,17,18,19). The number of nitrogens with zero attached hydrogens (tertiary/aromatic N) is 2. The van der Waals surface area contributed by atoms with E-state index in [2.05, 4.69) is 23.8 Å². The summed E-state index contributed by atoms with van der Waals surface area (Å²) in [5, 5.41) is 0. The fourth-order valence-electron chi connectivity index (χ4n) is 2.02. The van der Waals surface area contributed by atoms with Crippen molar-refractivity contribution in [2.75, 3.05) is 12.3 Å². The third kappa shape index (κ3) is 2.74. The van der Waals surface area contributed by atoms with Crippen molar-refractivity contribution in [2.45, 2.75) is 33.6 Å². The zero-order valence-corrected chi connectivity index (χ0v) is 12.5. The average molecular weight is 271 g/mol. The Morgan fingerprint density at radius 1 is 1.20 bits per heavy atom. The lowest BCUT2D eigenvalue weighted by Gasteiger charge is -2.15. The van der Waals surface area contributed by atoms with Crippen LogP contribution in [-0.4, -0.2) is 16.6 Å². The van der Waals surface area contributed by atoms with Crippen LogP contribution in [0, 0.1) is 6.92 Å². The van der Waals surface area contributed by atoms with Gasteiger partial charge in [-0.3, -0.25) is 0 Å². The number of para-hydroxylation sites is 1. The Kier molecular flexibility index (Phi) is 4.23. The topological polar surface area (TPSA) is 61.0 Å². The summed E-state index contributed by atoms with van der Waals surface area (Å²) < 4.78 is 5.69. The maximum absolute atomic E-state index is 6.03. The molecule has 0 fully saturated rings. The lowest BCUT2D eigenvalue weighted by Crippen LogP contribution is -2.07. The van der Waals surface area contributed by atoms with Gasteiger partial charge in [0.25, 0.3) is 0 Å². The van der Waals surface area contributed by atoms with Gasteiger partial charge >= 0.3 is 0 Å². The van der Waals surface area contributed by atoms with Gasteiger partial charge in [-0.25, -0.2) is 9.97 Å². The second kappa shape index (κ2) is 5.90. The molecule has 0 atom stereocenters. The molecular weight excluding hydrogens is 250 g/mol. The molecule has 0 spiro atoms. The number of hydrogen-bond donors (Lipinski definition) is 1. The Balaban J connectivity index is 2.63. The van der Waals surface area contributed by atoms with Crippen molar-refractivity contribution in [3.8, 4) is 17.0 Å². The van der Waals surface area contributed by atoms with Gasteiger partial charge in [0.05, 0.1) is 12.3 Å².